The van der Waals surface area contributed by atoms with Crippen LogP contribution in [0.4, 0.5) is 16.6 Å². The zero-order valence-corrected chi connectivity index (χ0v) is 41.4. The SMILES string of the molecule is Cc1c(-c2ccc(N3CCc4cccc(C(=O)Nc5nc6ccccc6s5)c4C3)nc2C(=O)NCCOCCNc2cccc3c2C(=O)N(C2CCC(=O)NC2=O)C3=O)cnn1CC12CC3CC(CC(C3)C1)C2. The van der Waals surface area contributed by atoms with Gasteiger partial charge in [0.2, 0.25) is 11.8 Å². The van der Waals surface area contributed by atoms with E-state index >= 15 is 0 Å². The molecule has 6 heterocycles. The molecule has 73 heavy (non-hydrogen) atoms. The topological polar surface area (TPSA) is 210 Å². The number of pyridine rings is 1. The van der Waals surface area contributed by atoms with Crippen LogP contribution in [-0.4, -0.2) is 99.0 Å². The van der Waals surface area contributed by atoms with Gasteiger partial charge in [0.15, 0.2) is 5.13 Å². The van der Waals surface area contributed by atoms with Crippen molar-refractivity contribution in [1.29, 1.82) is 0 Å². The Bertz CT molecular complexity index is 3190. The first kappa shape index (κ1) is 46.7. The number of fused-ring (bicyclic) bond motifs is 3. The van der Waals surface area contributed by atoms with Gasteiger partial charge in [0.1, 0.15) is 17.6 Å². The maximum absolute atomic E-state index is 14.4. The molecule has 1 atom stereocenters. The summed E-state index contributed by atoms with van der Waals surface area (Å²) in [4.78, 5) is 92.3. The van der Waals surface area contributed by atoms with Crippen LogP contribution in [0.1, 0.15) is 110 Å². The van der Waals surface area contributed by atoms with Crippen molar-refractivity contribution in [3.63, 3.8) is 0 Å². The quantitative estimate of drug-likeness (QED) is 0.0597. The number of piperidine rings is 1. The predicted octanol–water partition coefficient (Wildman–Crippen LogP) is 7.15. The minimum atomic E-state index is -1.06. The summed E-state index contributed by atoms with van der Waals surface area (Å²) in [6, 6.07) is 21.4. The van der Waals surface area contributed by atoms with Crippen molar-refractivity contribution in [3.8, 4) is 11.1 Å². The molecule has 1 unspecified atom stereocenters. The number of thiazole rings is 1. The highest BCUT2D eigenvalue weighted by Crippen LogP contribution is 2.60. The van der Waals surface area contributed by atoms with E-state index in [1.807, 2.05) is 54.7 Å². The Hall–Kier alpha value is -7.31. The average molecular weight is 1000 g/mol. The van der Waals surface area contributed by atoms with Crippen LogP contribution in [0.3, 0.4) is 0 Å². The third-order valence-electron chi connectivity index (χ3n) is 16.1. The Balaban J connectivity index is 0.738. The molecular formula is C55H56N10O7S. The Morgan fingerprint density at radius 3 is 2.40 bits per heavy atom. The van der Waals surface area contributed by atoms with Crippen molar-refractivity contribution in [2.75, 3.05) is 48.4 Å². The number of anilines is 3. The number of nitrogens with one attached hydrogen (secondary N) is 4. The molecular weight excluding hydrogens is 945 g/mol. The number of nitrogens with zero attached hydrogens (tertiary/aromatic N) is 6. The van der Waals surface area contributed by atoms with E-state index in [0.29, 0.717) is 47.3 Å². The van der Waals surface area contributed by atoms with Crippen LogP contribution in [0.15, 0.2) is 79.0 Å². The number of carbonyl (C=O) groups is 6. The Morgan fingerprint density at radius 2 is 1.60 bits per heavy atom. The van der Waals surface area contributed by atoms with E-state index in [1.165, 1.54) is 49.9 Å². The fourth-order valence-electron chi connectivity index (χ4n) is 13.1. The molecule has 0 spiro atoms. The van der Waals surface area contributed by atoms with Crippen LogP contribution in [0, 0.1) is 30.1 Å². The lowest BCUT2D eigenvalue weighted by Gasteiger charge is -2.56. The summed E-state index contributed by atoms with van der Waals surface area (Å²) in [6.45, 7) is 4.91. The van der Waals surface area contributed by atoms with Gasteiger partial charge < -0.3 is 20.3 Å². The third kappa shape index (κ3) is 8.83. The Kier molecular flexibility index (Phi) is 12.1. The van der Waals surface area contributed by atoms with Crippen molar-refractivity contribution >= 4 is 73.6 Å². The van der Waals surface area contributed by atoms with E-state index in [0.717, 1.165) is 61.8 Å². The van der Waals surface area contributed by atoms with E-state index in [-0.39, 0.29) is 73.2 Å². The first-order chi connectivity index (χ1) is 35.5. The zero-order valence-electron chi connectivity index (χ0n) is 40.6. The van der Waals surface area contributed by atoms with Crippen LogP contribution in [-0.2, 0) is 33.8 Å². The second kappa shape index (κ2) is 18.9. The molecule has 17 nitrogen and oxygen atoms in total. The monoisotopic (exact) mass is 1000 g/mol. The van der Waals surface area contributed by atoms with Gasteiger partial charge in [-0.1, -0.05) is 41.7 Å². The van der Waals surface area contributed by atoms with Gasteiger partial charge in [-0.3, -0.25) is 49.0 Å². The molecule has 3 aromatic carbocycles. The number of carbonyl (C=O) groups excluding carboxylic acids is 6. The highest BCUT2D eigenvalue weighted by molar-refractivity contribution is 7.22. The van der Waals surface area contributed by atoms with Crippen LogP contribution in [0.25, 0.3) is 21.3 Å². The normalized spacial score (nSPS) is 22.9. The van der Waals surface area contributed by atoms with Gasteiger partial charge in [-0.15, -0.1) is 0 Å². The summed E-state index contributed by atoms with van der Waals surface area (Å²) in [5.74, 6) is 0.226. The molecule has 4 N–H and O–H groups in total. The molecule has 18 heteroatoms. The maximum Gasteiger partial charge on any atom is 0.270 e. The average Bonchev–Trinajstić information content (AvgIpc) is 4.04. The molecule has 4 aliphatic carbocycles. The largest absolute Gasteiger partial charge is 0.382 e. The molecule has 7 aliphatic rings. The number of aromatic nitrogens is 4. The van der Waals surface area contributed by atoms with Gasteiger partial charge in [-0.25, -0.2) is 9.97 Å². The number of rotatable bonds is 15. The minimum absolute atomic E-state index is 0.0363. The first-order valence-electron chi connectivity index (χ1n) is 25.5. The van der Waals surface area contributed by atoms with Gasteiger partial charge in [-0.05, 0) is 135 Å². The molecule has 4 bridgehead atoms. The van der Waals surface area contributed by atoms with E-state index in [2.05, 4.69) is 48.8 Å². The molecule has 13 rings (SSSR count). The number of imide groups is 2. The number of ether oxygens (including phenoxy) is 1. The maximum atomic E-state index is 14.4. The number of hydrogen-bond acceptors (Lipinski definition) is 13. The number of hydrogen-bond donors (Lipinski definition) is 4. The molecule has 6 aromatic rings. The molecule has 374 valence electrons. The number of para-hydroxylation sites is 1. The lowest BCUT2D eigenvalue weighted by atomic mass is 9.49. The third-order valence-corrected chi connectivity index (χ3v) is 17.0. The molecule has 4 saturated carbocycles. The molecule has 3 aliphatic heterocycles. The van der Waals surface area contributed by atoms with Gasteiger partial charge >= 0.3 is 0 Å². The molecule has 6 amide bonds. The smallest absolute Gasteiger partial charge is 0.270 e. The molecule has 1 saturated heterocycles. The fourth-order valence-corrected chi connectivity index (χ4v) is 14.0. The van der Waals surface area contributed by atoms with Gasteiger partial charge in [0.05, 0.1) is 40.8 Å². The zero-order chi connectivity index (χ0) is 50.0. The van der Waals surface area contributed by atoms with E-state index in [9.17, 15) is 28.8 Å². The van der Waals surface area contributed by atoms with Crippen molar-refractivity contribution < 1.29 is 33.5 Å². The lowest BCUT2D eigenvalue weighted by molar-refractivity contribution is -0.136. The lowest BCUT2D eigenvalue weighted by Crippen LogP contribution is -2.54. The fraction of sp³-hybridized carbons (Fsp3) is 0.400. The van der Waals surface area contributed by atoms with Crippen LogP contribution < -0.4 is 26.2 Å². The van der Waals surface area contributed by atoms with E-state index in [4.69, 9.17) is 14.8 Å². The minimum Gasteiger partial charge on any atom is -0.382 e. The second-order valence-electron chi connectivity index (χ2n) is 20.8. The van der Waals surface area contributed by atoms with Crippen LogP contribution in [0.2, 0.25) is 0 Å². The number of amides is 6. The van der Waals surface area contributed by atoms with Crippen molar-refractivity contribution in [1.82, 2.24) is 35.3 Å². The summed E-state index contributed by atoms with van der Waals surface area (Å²) in [5.41, 5.74) is 7.28. The van der Waals surface area contributed by atoms with Crippen LogP contribution in [0.5, 0.6) is 0 Å². The Morgan fingerprint density at radius 1 is 0.822 bits per heavy atom. The van der Waals surface area contributed by atoms with E-state index < -0.39 is 29.7 Å². The van der Waals surface area contributed by atoms with Crippen LogP contribution >= 0.6 is 11.3 Å². The molecule has 0 radical (unpaired) electrons. The summed E-state index contributed by atoms with van der Waals surface area (Å²) >= 11 is 1.44. The van der Waals surface area contributed by atoms with Crippen molar-refractivity contribution in [2.24, 2.45) is 23.2 Å². The standard InChI is InChI=1S/C55H56N10O7S/c1-31-39(28-58-64(31)30-55-25-32-22-33(26-55)24-34(23-32)27-55)36-12-14-45(63-19-16-35-6-4-7-37(40(35)29-63)49(67)62-54-59-41-9-2-3-11-44(41)73-54)60-48(36)51(69)57-18-21-72-20-17-56-42-10-5-8-38-47(42)53(71)65(52(38)70)43-13-15-46(66)61-50(43)68/h2-12,14,28,32-34,43,56H,13,15-27,29-30H2,1H3,(H,57,69)(H,59,62,67)(H,61,66,68). The summed E-state index contributed by atoms with van der Waals surface area (Å²) in [7, 11) is 0. The van der Waals surface area contributed by atoms with Gasteiger partial charge in [0, 0.05) is 67.2 Å². The van der Waals surface area contributed by atoms with Gasteiger partial charge in [-0.2, -0.15) is 5.10 Å². The first-order valence-corrected chi connectivity index (χ1v) is 26.3. The number of benzene rings is 3. The highest BCUT2D eigenvalue weighted by atomic mass is 32.1. The highest BCUT2D eigenvalue weighted by Gasteiger charge is 2.51. The molecule has 5 fully saturated rings. The second-order valence-corrected chi connectivity index (χ2v) is 21.8. The summed E-state index contributed by atoms with van der Waals surface area (Å²) in [5, 5.41) is 17.0. The summed E-state index contributed by atoms with van der Waals surface area (Å²) < 4.78 is 9.09. The predicted molar refractivity (Wildman–Crippen MR) is 274 cm³/mol. The van der Waals surface area contributed by atoms with Crippen molar-refractivity contribution in [3.05, 3.63) is 118 Å². The summed E-state index contributed by atoms with van der Waals surface area (Å²) in [6.07, 6.45) is 10.6. The molecule has 3 aromatic heterocycles. The van der Waals surface area contributed by atoms with E-state index in [1.54, 1.807) is 18.2 Å². The Labute approximate surface area is 425 Å². The van der Waals surface area contributed by atoms with Crippen molar-refractivity contribution in [2.45, 2.75) is 83.8 Å². The van der Waals surface area contributed by atoms with Gasteiger partial charge in [0.25, 0.3) is 23.6 Å².